The van der Waals surface area contributed by atoms with Crippen molar-refractivity contribution in [1.29, 1.82) is 0 Å². The minimum absolute atomic E-state index is 0.0822. The molecule has 1 unspecified atom stereocenters. The van der Waals surface area contributed by atoms with E-state index in [1.165, 1.54) is 6.42 Å². The smallest absolute Gasteiger partial charge is 0.242 e. The molecule has 3 N–H and O–H groups in total. The molecule has 7 nitrogen and oxygen atoms in total. The van der Waals surface area contributed by atoms with Gasteiger partial charge in [-0.1, -0.05) is 0 Å². The monoisotopic (exact) mass is 364 g/mol. The number of carbonyl (C=O) groups is 1. The predicted molar refractivity (Wildman–Crippen MR) is 102 cm³/mol. The molecule has 1 aromatic rings. The van der Waals surface area contributed by atoms with Gasteiger partial charge in [-0.25, -0.2) is 4.99 Å². The van der Waals surface area contributed by atoms with Gasteiger partial charge in [0.15, 0.2) is 5.96 Å². The summed E-state index contributed by atoms with van der Waals surface area (Å²) >= 11 is 0. The van der Waals surface area contributed by atoms with Gasteiger partial charge in [-0.3, -0.25) is 4.79 Å². The zero-order chi connectivity index (χ0) is 18.8. The lowest BCUT2D eigenvalue weighted by atomic mass is 10.1. The Morgan fingerprint density at radius 2 is 2.15 bits per heavy atom. The Hall–Kier alpha value is -2.02. The number of nitrogens with one attached hydrogen (secondary N) is 3. The van der Waals surface area contributed by atoms with Crippen molar-refractivity contribution in [2.75, 3.05) is 26.2 Å². The van der Waals surface area contributed by atoms with Crippen LogP contribution in [0.5, 0.6) is 0 Å². The van der Waals surface area contributed by atoms with Crippen LogP contribution in [0.1, 0.15) is 45.8 Å². The number of amides is 1. The predicted octanol–water partition coefficient (Wildman–Crippen LogP) is 1.84. The molecule has 2 rings (SSSR count). The van der Waals surface area contributed by atoms with Gasteiger partial charge in [0.2, 0.25) is 5.91 Å². The molecule has 1 atom stereocenters. The summed E-state index contributed by atoms with van der Waals surface area (Å²) in [5.74, 6) is 1.44. The molecule has 0 saturated carbocycles. The van der Waals surface area contributed by atoms with Crippen molar-refractivity contribution in [2.24, 2.45) is 4.99 Å². The van der Waals surface area contributed by atoms with Crippen LogP contribution < -0.4 is 16.0 Å². The van der Waals surface area contributed by atoms with Crippen molar-refractivity contribution in [1.82, 2.24) is 16.0 Å². The minimum atomic E-state index is -0.261. The summed E-state index contributed by atoms with van der Waals surface area (Å²) in [6.07, 6.45) is 5.99. The lowest BCUT2D eigenvalue weighted by molar-refractivity contribution is -0.121. The van der Waals surface area contributed by atoms with E-state index in [4.69, 9.17) is 9.15 Å². The van der Waals surface area contributed by atoms with Gasteiger partial charge in [-0.15, -0.1) is 0 Å². The Labute approximate surface area is 156 Å². The van der Waals surface area contributed by atoms with E-state index >= 15 is 0 Å². The summed E-state index contributed by atoms with van der Waals surface area (Å²) in [5, 5.41) is 9.47. The highest BCUT2D eigenvalue weighted by molar-refractivity contribution is 5.85. The molecular weight excluding hydrogens is 332 g/mol. The molecular formula is C19H32N4O3. The molecule has 2 heterocycles. The Morgan fingerprint density at radius 3 is 2.81 bits per heavy atom. The van der Waals surface area contributed by atoms with Gasteiger partial charge in [-0.2, -0.15) is 0 Å². The molecule has 0 aromatic carbocycles. The van der Waals surface area contributed by atoms with Gasteiger partial charge in [0, 0.05) is 31.7 Å². The molecule has 7 heteroatoms. The average Bonchev–Trinajstić information content (AvgIpc) is 3.09. The van der Waals surface area contributed by atoms with E-state index in [-0.39, 0.29) is 24.1 Å². The van der Waals surface area contributed by atoms with Crippen molar-refractivity contribution in [2.45, 2.75) is 58.1 Å². The van der Waals surface area contributed by atoms with Crippen molar-refractivity contribution < 1.29 is 13.9 Å². The molecule has 1 aliphatic heterocycles. The molecule has 0 bridgehead atoms. The third-order valence-electron chi connectivity index (χ3n) is 3.91. The number of aliphatic imine (C=N–C) groups is 1. The van der Waals surface area contributed by atoms with Crippen LogP contribution in [0.25, 0.3) is 0 Å². The lowest BCUT2D eigenvalue weighted by Crippen LogP contribution is -2.45. The summed E-state index contributed by atoms with van der Waals surface area (Å²) < 4.78 is 11.1. The maximum Gasteiger partial charge on any atom is 0.242 e. The summed E-state index contributed by atoms with van der Waals surface area (Å²) in [4.78, 5) is 16.4. The zero-order valence-corrected chi connectivity index (χ0v) is 16.1. The third kappa shape index (κ3) is 8.38. The summed E-state index contributed by atoms with van der Waals surface area (Å²) in [7, 11) is 0. The fraction of sp³-hybridized carbons (Fsp3) is 0.684. The van der Waals surface area contributed by atoms with Gasteiger partial charge in [0.25, 0.3) is 0 Å². The first-order chi connectivity index (χ1) is 12.4. The third-order valence-corrected chi connectivity index (χ3v) is 3.91. The van der Waals surface area contributed by atoms with Crippen LogP contribution in [0, 0.1) is 0 Å². The van der Waals surface area contributed by atoms with E-state index in [0.717, 1.165) is 31.6 Å². The highest BCUT2D eigenvalue weighted by Gasteiger charge is 2.15. The highest BCUT2D eigenvalue weighted by Crippen LogP contribution is 2.11. The highest BCUT2D eigenvalue weighted by atomic mass is 16.5. The van der Waals surface area contributed by atoms with E-state index in [0.29, 0.717) is 19.0 Å². The maximum atomic E-state index is 12.0. The molecule has 1 aliphatic rings. The first-order valence-corrected chi connectivity index (χ1v) is 9.39. The second kappa shape index (κ2) is 10.2. The fourth-order valence-electron chi connectivity index (χ4n) is 2.72. The number of rotatable bonds is 7. The minimum Gasteiger partial charge on any atom is -0.469 e. The van der Waals surface area contributed by atoms with Crippen LogP contribution in [-0.2, 0) is 16.0 Å². The largest absolute Gasteiger partial charge is 0.469 e. The molecule has 26 heavy (non-hydrogen) atoms. The molecule has 0 aliphatic carbocycles. The Bertz CT molecular complexity index is 558. The Kier molecular flexibility index (Phi) is 7.97. The quantitative estimate of drug-likeness (QED) is 0.508. The van der Waals surface area contributed by atoms with E-state index in [9.17, 15) is 4.79 Å². The number of carbonyl (C=O) groups excluding carboxylic acids is 1. The molecule has 1 fully saturated rings. The first-order valence-electron chi connectivity index (χ1n) is 9.39. The van der Waals surface area contributed by atoms with E-state index in [1.807, 2.05) is 32.9 Å². The Balaban J connectivity index is 1.83. The standard InChI is InChI=1S/C19H32N4O3/c1-19(2,3)23-17(24)14-22-18(20-10-9-15-8-6-12-25-15)21-13-16-7-4-5-11-26-16/h6,8,12,16H,4-5,7,9-11,13-14H2,1-3H3,(H,23,24)(H2,20,21,22). The van der Waals surface area contributed by atoms with Crippen molar-refractivity contribution in [3.8, 4) is 0 Å². The molecule has 1 saturated heterocycles. The molecule has 146 valence electrons. The van der Waals surface area contributed by atoms with Crippen LogP contribution >= 0.6 is 0 Å². The van der Waals surface area contributed by atoms with Crippen LogP contribution in [0.3, 0.4) is 0 Å². The number of hydrogen-bond acceptors (Lipinski definition) is 4. The van der Waals surface area contributed by atoms with E-state index in [1.54, 1.807) is 6.26 Å². The lowest BCUT2D eigenvalue weighted by Gasteiger charge is -2.24. The summed E-state index contributed by atoms with van der Waals surface area (Å²) in [6.45, 7) is 8.12. The molecule has 1 aromatic heterocycles. The number of guanidine groups is 1. The van der Waals surface area contributed by atoms with E-state index in [2.05, 4.69) is 20.9 Å². The number of hydrogen-bond donors (Lipinski definition) is 3. The molecule has 0 spiro atoms. The number of ether oxygens (including phenoxy) is 1. The van der Waals surface area contributed by atoms with Gasteiger partial charge in [-0.05, 0) is 52.2 Å². The van der Waals surface area contributed by atoms with Gasteiger partial charge in [0.1, 0.15) is 12.3 Å². The number of furan rings is 1. The topological polar surface area (TPSA) is 87.9 Å². The second-order valence-corrected chi connectivity index (χ2v) is 7.59. The van der Waals surface area contributed by atoms with Gasteiger partial charge < -0.3 is 25.1 Å². The molecule has 1 amide bonds. The van der Waals surface area contributed by atoms with Crippen LogP contribution in [-0.4, -0.2) is 49.8 Å². The fourth-order valence-corrected chi connectivity index (χ4v) is 2.72. The van der Waals surface area contributed by atoms with Crippen LogP contribution in [0.2, 0.25) is 0 Å². The molecule has 0 radical (unpaired) electrons. The average molecular weight is 364 g/mol. The van der Waals surface area contributed by atoms with Crippen molar-refractivity contribution in [3.63, 3.8) is 0 Å². The van der Waals surface area contributed by atoms with Gasteiger partial charge in [0.05, 0.1) is 12.4 Å². The SMILES string of the molecule is CC(C)(C)NC(=O)CN=C(NCCc1ccco1)NCC1CCCCO1. The maximum absolute atomic E-state index is 12.0. The van der Waals surface area contributed by atoms with Crippen molar-refractivity contribution >= 4 is 11.9 Å². The Morgan fingerprint density at radius 1 is 1.31 bits per heavy atom. The van der Waals surface area contributed by atoms with Gasteiger partial charge >= 0.3 is 0 Å². The zero-order valence-electron chi connectivity index (χ0n) is 16.1. The van der Waals surface area contributed by atoms with E-state index < -0.39 is 0 Å². The van der Waals surface area contributed by atoms with Crippen LogP contribution in [0.15, 0.2) is 27.8 Å². The normalized spacial score (nSPS) is 18.4. The first kappa shape index (κ1) is 20.3. The summed E-state index contributed by atoms with van der Waals surface area (Å²) in [6, 6.07) is 3.82. The summed E-state index contributed by atoms with van der Waals surface area (Å²) in [5.41, 5.74) is -0.261. The number of nitrogens with zero attached hydrogens (tertiary/aromatic N) is 1. The van der Waals surface area contributed by atoms with Crippen molar-refractivity contribution in [3.05, 3.63) is 24.2 Å². The second-order valence-electron chi connectivity index (χ2n) is 7.59. The van der Waals surface area contributed by atoms with Crippen LogP contribution in [0.4, 0.5) is 0 Å².